The van der Waals surface area contributed by atoms with Gasteiger partial charge in [-0.2, -0.15) is 13.2 Å². The molecule has 0 saturated carbocycles. The van der Waals surface area contributed by atoms with Gasteiger partial charge < -0.3 is 15.7 Å². The molecule has 4 rings (SSSR count). The minimum Gasteiger partial charge on any atom is -0.475 e. The first-order chi connectivity index (χ1) is 16.5. The van der Waals surface area contributed by atoms with Gasteiger partial charge in [0.1, 0.15) is 5.82 Å². The molecule has 0 radical (unpaired) electrons. The highest BCUT2D eigenvalue weighted by Gasteiger charge is 2.38. The number of aliphatic carboxylic acids is 1. The van der Waals surface area contributed by atoms with E-state index < -0.39 is 35.8 Å². The van der Waals surface area contributed by atoms with E-state index in [1.54, 1.807) is 0 Å². The molecule has 4 N–H and O–H groups in total. The smallest absolute Gasteiger partial charge is 0.475 e. The molecule has 1 fully saturated rings. The summed E-state index contributed by atoms with van der Waals surface area (Å²) in [7, 11) is 0. The summed E-state index contributed by atoms with van der Waals surface area (Å²) >= 11 is 0. The van der Waals surface area contributed by atoms with E-state index in [1.165, 1.54) is 23.3 Å². The summed E-state index contributed by atoms with van der Waals surface area (Å²) < 4.78 is 46.0. The molecule has 35 heavy (non-hydrogen) atoms. The lowest BCUT2D eigenvalue weighted by Crippen LogP contribution is -2.50. The summed E-state index contributed by atoms with van der Waals surface area (Å²) in [5, 5.41) is 15.4. The summed E-state index contributed by atoms with van der Waals surface area (Å²) in [5.41, 5.74) is 3.25. The van der Waals surface area contributed by atoms with Gasteiger partial charge in [0.05, 0.1) is 5.69 Å². The molecule has 0 aliphatic carbocycles. The van der Waals surface area contributed by atoms with Crippen LogP contribution in [-0.2, 0) is 22.6 Å². The van der Waals surface area contributed by atoms with E-state index in [4.69, 9.17) is 9.90 Å². The second-order valence-corrected chi connectivity index (χ2v) is 7.59. The van der Waals surface area contributed by atoms with Gasteiger partial charge >= 0.3 is 18.2 Å². The Morgan fingerprint density at radius 3 is 2.40 bits per heavy atom. The number of halogens is 4. The molecule has 0 atom stereocenters. The average molecular weight is 496 g/mol. The molecule has 2 aromatic carbocycles. The number of hydrogen-bond acceptors (Lipinski definition) is 5. The van der Waals surface area contributed by atoms with Crippen molar-refractivity contribution in [1.82, 2.24) is 10.6 Å². The molecule has 13 heteroatoms. The number of carbonyl (C=O) groups is 4. The van der Waals surface area contributed by atoms with Gasteiger partial charge in [0.2, 0.25) is 5.91 Å². The zero-order chi connectivity index (χ0) is 25.8. The Kier molecular flexibility index (Phi) is 7.69. The Morgan fingerprint density at radius 2 is 1.74 bits per heavy atom. The lowest BCUT2D eigenvalue weighted by Gasteiger charge is -2.27. The number of carbonyl (C=O) groups excluding carboxylic acids is 3. The SMILES string of the molecule is O=C(O)C(F)(F)F.O=C1CCN(c2cc(C(=O)Nc3ccc4c(c3)CCNC4)ccc2F)C(=O)N1. The van der Waals surface area contributed by atoms with Crippen LogP contribution in [-0.4, -0.2) is 48.2 Å². The average Bonchev–Trinajstić information content (AvgIpc) is 2.79. The molecular weight excluding hydrogens is 476 g/mol. The maximum absolute atomic E-state index is 14.3. The molecule has 0 bridgehead atoms. The van der Waals surface area contributed by atoms with Crippen LogP contribution >= 0.6 is 0 Å². The first kappa shape index (κ1) is 25.6. The second-order valence-electron chi connectivity index (χ2n) is 7.59. The van der Waals surface area contributed by atoms with Gasteiger partial charge in [-0.05, 0) is 54.4 Å². The van der Waals surface area contributed by atoms with Crippen molar-refractivity contribution < 1.29 is 41.8 Å². The molecule has 2 aliphatic rings. The molecule has 0 aromatic heterocycles. The summed E-state index contributed by atoms with van der Waals surface area (Å²) in [4.78, 5) is 45.9. The quantitative estimate of drug-likeness (QED) is 0.484. The number of hydrogen-bond donors (Lipinski definition) is 4. The number of fused-ring (bicyclic) bond motifs is 1. The van der Waals surface area contributed by atoms with Gasteiger partial charge in [-0.3, -0.25) is 19.8 Å². The second kappa shape index (κ2) is 10.5. The molecule has 2 heterocycles. The molecule has 2 aliphatic heterocycles. The number of urea groups is 1. The third kappa shape index (κ3) is 6.53. The minimum absolute atomic E-state index is 0.0332. The first-order valence-corrected chi connectivity index (χ1v) is 10.3. The highest BCUT2D eigenvalue weighted by Crippen LogP contribution is 2.24. The number of amides is 4. The van der Waals surface area contributed by atoms with Crippen molar-refractivity contribution in [2.75, 3.05) is 23.3 Å². The number of nitrogens with one attached hydrogen (secondary N) is 3. The van der Waals surface area contributed by atoms with Crippen LogP contribution < -0.4 is 20.9 Å². The summed E-state index contributed by atoms with van der Waals surface area (Å²) in [6.07, 6.45) is -4.12. The third-order valence-electron chi connectivity index (χ3n) is 5.15. The zero-order valence-corrected chi connectivity index (χ0v) is 18.0. The maximum atomic E-state index is 14.3. The Balaban J connectivity index is 0.000000429. The van der Waals surface area contributed by atoms with E-state index >= 15 is 0 Å². The molecule has 186 valence electrons. The standard InChI is InChI=1S/C20H19FN4O3.C2HF3O2/c21-16-4-2-13(10-17(16)25-8-6-18(26)24-20(25)28)19(27)23-15-3-1-14-11-22-7-5-12(14)9-15;3-2(4,5)1(6)7/h1-4,9-10,22H,5-8,11H2,(H,23,27)(H,24,26,28);(H,6,7). The number of carboxylic acids is 1. The van der Waals surface area contributed by atoms with Crippen LogP contribution in [0.3, 0.4) is 0 Å². The molecule has 9 nitrogen and oxygen atoms in total. The normalized spacial score (nSPS) is 15.4. The predicted octanol–water partition coefficient (Wildman–Crippen LogP) is 2.80. The van der Waals surface area contributed by atoms with Crippen LogP contribution in [0, 0.1) is 5.82 Å². The van der Waals surface area contributed by atoms with E-state index in [-0.39, 0.29) is 24.2 Å². The summed E-state index contributed by atoms with van der Waals surface area (Å²) in [6.45, 7) is 1.77. The van der Waals surface area contributed by atoms with Crippen LogP contribution in [0.15, 0.2) is 36.4 Å². The fraction of sp³-hybridized carbons (Fsp3) is 0.273. The van der Waals surface area contributed by atoms with Gasteiger partial charge in [-0.15, -0.1) is 0 Å². The number of imide groups is 1. The fourth-order valence-electron chi connectivity index (χ4n) is 3.41. The third-order valence-corrected chi connectivity index (χ3v) is 5.15. The van der Waals surface area contributed by atoms with Gasteiger partial charge in [0.15, 0.2) is 0 Å². The zero-order valence-electron chi connectivity index (χ0n) is 18.0. The first-order valence-electron chi connectivity index (χ1n) is 10.3. The van der Waals surface area contributed by atoms with Crippen LogP contribution in [0.2, 0.25) is 0 Å². The Bertz CT molecular complexity index is 1170. The summed E-state index contributed by atoms with van der Waals surface area (Å²) in [5.74, 6) is -4.20. The van der Waals surface area contributed by atoms with Crippen molar-refractivity contribution in [3.05, 3.63) is 58.9 Å². The van der Waals surface area contributed by atoms with Crippen molar-refractivity contribution in [1.29, 1.82) is 0 Å². The molecule has 2 aromatic rings. The van der Waals surface area contributed by atoms with Crippen LogP contribution in [0.4, 0.5) is 33.7 Å². The lowest BCUT2D eigenvalue weighted by atomic mass is 10.0. The maximum Gasteiger partial charge on any atom is 0.490 e. The van der Waals surface area contributed by atoms with Gasteiger partial charge in [-0.25, -0.2) is 14.0 Å². The number of anilines is 2. The van der Waals surface area contributed by atoms with Crippen LogP contribution in [0.5, 0.6) is 0 Å². The van der Waals surface area contributed by atoms with E-state index in [9.17, 15) is 31.9 Å². The number of rotatable bonds is 3. The van der Waals surface area contributed by atoms with E-state index in [0.29, 0.717) is 5.69 Å². The number of carboxylic acid groups (broad SMARTS) is 1. The van der Waals surface area contributed by atoms with Crippen molar-refractivity contribution in [3.63, 3.8) is 0 Å². The van der Waals surface area contributed by atoms with Gasteiger partial charge in [0, 0.05) is 30.8 Å². The molecular formula is C22H20F4N4O5. The summed E-state index contributed by atoms with van der Waals surface area (Å²) in [6, 6.07) is 8.89. The van der Waals surface area contributed by atoms with Gasteiger partial charge in [0.25, 0.3) is 5.91 Å². The fourth-order valence-corrected chi connectivity index (χ4v) is 3.41. The monoisotopic (exact) mass is 496 g/mol. The van der Waals surface area contributed by atoms with E-state index in [0.717, 1.165) is 30.5 Å². The van der Waals surface area contributed by atoms with Crippen molar-refractivity contribution in [2.24, 2.45) is 0 Å². The highest BCUT2D eigenvalue weighted by molar-refractivity contribution is 6.08. The molecule has 0 spiro atoms. The van der Waals surface area contributed by atoms with Gasteiger partial charge in [-0.1, -0.05) is 6.07 Å². The Labute approximate surface area is 196 Å². The molecule has 1 saturated heterocycles. The van der Waals surface area contributed by atoms with Crippen molar-refractivity contribution in [3.8, 4) is 0 Å². The predicted molar refractivity (Wildman–Crippen MR) is 115 cm³/mol. The van der Waals surface area contributed by atoms with Crippen LogP contribution in [0.25, 0.3) is 0 Å². The highest BCUT2D eigenvalue weighted by atomic mass is 19.4. The topological polar surface area (TPSA) is 128 Å². The number of nitrogens with zero attached hydrogens (tertiary/aromatic N) is 1. The molecule has 4 amide bonds. The van der Waals surface area contributed by atoms with Crippen molar-refractivity contribution >= 4 is 35.2 Å². The number of benzene rings is 2. The largest absolute Gasteiger partial charge is 0.490 e. The Morgan fingerprint density at radius 1 is 1.03 bits per heavy atom. The van der Waals surface area contributed by atoms with Crippen molar-refractivity contribution in [2.45, 2.75) is 25.6 Å². The number of alkyl halides is 3. The Hall–Kier alpha value is -4.00. The van der Waals surface area contributed by atoms with E-state index in [2.05, 4.69) is 16.0 Å². The van der Waals surface area contributed by atoms with Crippen LogP contribution in [0.1, 0.15) is 27.9 Å². The minimum atomic E-state index is -5.08. The lowest BCUT2D eigenvalue weighted by molar-refractivity contribution is -0.192. The van der Waals surface area contributed by atoms with E-state index in [1.807, 2.05) is 18.2 Å². The molecule has 0 unspecified atom stereocenters.